The molecule has 114 valence electrons. The van der Waals surface area contributed by atoms with Gasteiger partial charge in [-0.25, -0.2) is 0 Å². The maximum absolute atomic E-state index is 12.2. The first-order valence-electron chi connectivity index (χ1n) is 7.35. The lowest BCUT2D eigenvalue weighted by Gasteiger charge is -2.12. The summed E-state index contributed by atoms with van der Waals surface area (Å²) in [6.07, 6.45) is 0.746. The van der Waals surface area contributed by atoms with Crippen LogP contribution in [0.4, 0.5) is 0 Å². The molecule has 0 unspecified atom stereocenters. The number of nitrogens with one attached hydrogen (secondary N) is 1. The van der Waals surface area contributed by atoms with E-state index in [1.54, 1.807) is 7.11 Å². The van der Waals surface area contributed by atoms with Crippen molar-refractivity contribution < 1.29 is 14.3 Å². The Hall–Kier alpha value is -2.49. The average Bonchev–Trinajstić information content (AvgIpc) is 2.94. The summed E-state index contributed by atoms with van der Waals surface area (Å²) in [6, 6.07) is 13.3. The lowest BCUT2D eigenvalue weighted by Crippen LogP contribution is -2.34. The van der Waals surface area contributed by atoms with Gasteiger partial charge < -0.3 is 14.8 Å². The summed E-state index contributed by atoms with van der Waals surface area (Å²) in [7, 11) is 1.65. The molecule has 1 heterocycles. The highest BCUT2D eigenvalue weighted by atomic mass is 16.5. The van der Waals surface area contributed by atoms with Gasteiger partial charge in [-0.3, -0.25) is 4.79 Å². The molecule has 1 N–H and O–H groups in total. The molecule has 22 heavy (non-hydrogen) atoms. The summed E-state index contributed by atoms with van der Waals surface area (Å²) in [5, 5.41) is 2.95. The molecule has 0 saturated heterocycles. The van der Waals surface area contributed by atoms with Crippen molar-refractivity contribution in [1.29, 1.82) is 0 Å². The Labute approximate surface area is 130 Å². The van der Waals surface area contributed by atoms with Gasteiger partial charge in [0.15, 0.2) is 0 Å². The molecular weight excluding hydrogens is 278 g/mol. The molecule has 1 amide bonds. The second kappa shape index (κ2) is 6.10. The third-order valence-corrected chi connectivity index (χ3v) is 3.89. The summed E-state index contributed by atoms with van der Waals surface area (Å²) in [5.74, 6) is 1.64. The zero-order chi connectivity index (χ0) is 15.5. The van der Waals surface area contributed by atoms with Gasteiger partial charge in [-0.2, -0.15) is 0 Å². The Kier molecular flexibility index (Phi) is 4.00. The monoisotopic (exact) mass is 297 g/mol. The molecule has 2 aromatic rings. The fraction of sp³-hybridized carbons (Fsp3) is 0.278. The van der Waals surface area contributed by atoms with Gasteiger partial charge in [0.2, 0.25) is 0 Å². The molecule has 0 bridgehead atoms. The molecule has 4 nitrogen and oxygen atoms in total. The molecule has 2 aromatic carbocycles. The number of aryl methyl sites for hydroxylation is 1. The molecule has 1 aliphatic rings. The van der Waals surface area contributed by atoms with E-state index in [1.807, 2.05) is 49.4 Å². The summed E-state index contributed by atoms with van der Waals surface area (Å²) in [5.41, 5.74) is 2.80. The van der Waals surface area contributed by atoms with Crippen LogP contribution in [0.5, 0.6) is 11.5 Å². The summed E-state index contributed by atoms with van der Waals surface area (Å²) >= 11 is 0. The molecule has 3 rings (SSSR count). The minimum Gasteiger partial charge on any atom is -0.497 e. The standard InChI is InChI=1S/C18H19NO3/c1-12-5-3-4-6-16(12)18(20)19-11-15-10-13-9-14(21-2)7-8-17(13)22-15/h3-9,15H,10-11H2,1-2H3,(H,19,20)/t15-/m1/s1. The first-order chi connectivity index (χ1) is 10.7. The van der Waals surface area contributed by atoms with Gasteiger partial charge in [0, 0.05) is 17.5 Å². The predicted molar refractivity (Wildman–Crippen MR) is 84.6 cm³/mol. The van der Waals surface area contributed by atoms with Crippen molar-refractivity contribution in [2.75, 3.05) is 13.7 Å². The van der Waals surface area contributed by atoms with Crippen LogP contribution in [-0.4, -0.2) is 25.7 Å². The Morgan fingerprint density at radius 3 is 2.91 bits per heavy atom. The summed E-state index contributed by atoms with van der Waals surface area (Å²) in [6.45, 7) is 2.42. The molecular formula is C18H19NO3. The van der Waals surface area contributed by atoms with Crippen LogP contribution in [0, 0.1) is 6.92 Å². The van der Waals surface area contributed by atoms with E-state index in [1.165, 1.54) is 0 Å². The number of carbonyl (C=O) groups is 1. The van der Waals surface area contributed by atoms with Crippen LogP contribution in [0.25, 0.3) is 0 Å². The Morgan fingerprint density at radius 1 is 1.32 bits per heavy atom. The zero-order valence-electron chi connectivity index (χ0n) is 12.8. The van der Waals surface area contributed by atoms with E-state index >= 15 is 0 Å². The van der Waals surface area contributed by atoms with E-state index in [-0.39, 0.29) is 12.0 Å². The smallest absolute Gasteiger partial charge is 0.251 e. The molecule has 0 fully saturated rings. The van der Waals surface area contributed by atoms with Gasteiger partial charge in [0.05, 0.1) is 13.7 Å². The maximum atomic E-state index is 12.2. The molecule has 1 atom stereocenters. The number of carbonyl (C=O) groups excluding carboxylic acids is 1. The largest absolute Gasteiger partial charge is 0.497 e. The van der Waals surface area contributed by atoms with Crippen LogP contribution in [0.3, 0.4) is 0 Å². The van der Waals surface area contributed by atoms with Gasteiger partial charge in [0.1, 0.15) is 17.6 Å². The van der Waals surface area contributed by atoms with Crippen LogP contribution < -0.4 is 14.8 Å². The molecule has 0 aromatic heterocycles. The third-order valence-electron chi connectivity index (χ3n) is 3.89. The van der Waals surface area contributed by atoms with Crippen molar-refractivity contribution in [3.8, 4) is 11.5 Å². The van der Waals surface area contributed by atoms with Crippen molar-refractivity contribution >= 4 is 5.91 Å². The number of benzene rings is 2. The van der Waals surface area contributed by atoms with E-state index < -0.39 is 0 Å². The molecule has 0 aliphatic carbocycles. The quantitative estimate of drug-likeness (QED) is 0.944. The van der Waals surface area contributed by atoms with Crippen molar-refractivity contribution in [3.05, 3.63) is 59.2 Å². The number of fused-ring (bicyclic) bond motifs is 1. The van der Waals surface area contributed by atoms with Crippen LogP contribution in [0.2, 0.25) is 0 Å². The van der Waals surface area contributed by atoms with Crippen LogP contribution in [0.1, 0.15) is 21.5 Å². The van der Waals surface area contributed by atoms with Gasteiger partial charge in [-0.1, -0.05) is 18.2 Å². The van der Waals surface area contributed by atoms with Crippen molar-refractivity contribution in [2.24, 2.45) is 0 Å². The topological polar surface area (TPSA) is 47.6 Å². The van der Waals surface area contributed by atoms with Crippen molar-refractivity contribution in [1.82, 2.24) is 5.32 Å². The normalized spacial score (nSPS) is 15.8. The van der Waals surface area contributed by atoms with Gasteiger partial charge >= 0.3 is 0 Å². The van der Waals surface area contributed by atoms with Gasteiger partial charge in [-0.15, -0.1) is 0 Å². The van der Waals surface area contributed by atoms with E-state index in [0.717, 1.165) is 29.0 Å². The van der Waals surface area contributed by atoms with Crippen LogP contribution >= 0.6 is 0 Å². The highest BCUT2D eigenvalue weighted by Crippen LogP contribution is 2.31. The minimum absolute atomic E-state index is 0.0323. The Balaban J connectivity index is 1.60. The number of rotatable bonds is 4. The Bertz CT molecular complexity index is 696. The number of hydrogen-bond acceptors (Lipinski definition) is 3. The fourth-order valence-corrected chi connectivity index (χ4v) is 2.67. The molecule has 0 saturated carbocycles. The van der Waals surface area contributed by atoms with Crippen LogP contribution in [-0.2, 0) is 6.42 Å². The number of ether oxygens (including phenoxy) is 2. The minimum atomic E-state index is -0.0600. The lowest BCUT2D eigenvalue weighted by atomic mass is 10.1. The number of hydrogen-bond donors (Lipinski definition) is 1. The highest BCUT2D eigenvalue weighted by Gasteiger charge is 2.24. The molecule has 4 heteroatoms. The summed E-state index contributed by atoms with van der Waals surface area (Å²) < 4.78 is 11.1. The fourth-order valence-electron chi connectivity index (χ4n) is 2.67. The number of amides is 1. The third kappa shape index (κ3) is 2.91. The van der Waals surface area contributed by atoms with E-state index in [0.29, 0.717) is 12.1 Å². The first-order valence-corrected chi connectivity index (χ1v) is 7.35. The second-order valence-electron chi connectivity index (χ2n) is 5.44. The lowest BCUT2D eigenvalue weighted by molar-refractivity contribution is 0.0933. The van der Waals surface area contributed by atoms with E-state index in [2.05, 4.69) is 5.32 Å². The maximum Gasteiger partial charge on any atom is 0.251 e. The zero-order valence-corrected chi connectivity index (χ0v) is 12.8. The van der Waals surface area contributed by atoms with Gasteiger partial charge in [0.25, 0.3) is 5.91 Å². The van der Waals surface area contributed by atoms with Crippen molar-refractivity contribution in [2.45, 2.75) is 19.4 Å². The summed E-state index contributed by atoms with van der Waals surface area (Å²) in [4.78, 5) is 12.2. The first kappa shape index (κ1) is 14.4. The molecule has 1 aliphatic heterocycles. The predicted octanol–water partition coefficient (Wildman–Crippen LogP) is 2.74. The molecule has 0 spiro atoms. The number of methoxy groups -OCH3 is 1. The molecule has 0 radical (unpaired) electrons. The second-order valence-corrected chi connectivity index (χ2v) is 5.44. The van der Waals surface area contributed by atoms with Crippen LogP contribution in [0.15, 0.2) is 42.5 Å². The van der Waals surface area contributed by atoms with E-state index in [9.17, 15) is 4.79 Å². The van der Waals surface area contributed by atoms with E-state index in [4.69, 9.17) is 9.47 Å². The SMILES string of the molecule is COc1ccc2c(c1)C[C@H](CNC(=O)c1ccccc1C)O2. The highest BCUT2D eigenvalue weighted by molar-refractivity contribution is 5.95. The van der Waals surface area contributed by atoms with Crippen molar-refractivity contribution in [3.63, 3.8) is 0 Å². The van der Waals surface area contributed by atoms with Gasteiger partial charge in [-0.05, 0) is 36.8 Å². The Morgan fingerprint density at radius 2 is 2.14 bits per heavy atom. The average molecular weight is 297 g/mol.